The maximum absolute atomic E-state index is 12.1. The van der Waals surface area contributed by atoms with Crippen molar-refractivity contribution in [1.82, 2.24) is 5.32 Å². The van der Waals surface area contributed by atoms with Crippen LogP contribution in [-0.4, -0.2) is 54.5 Å². The lowest BCUT2D eigenvalue weighted by Crippen LogP contribution is -2.23. The SMILES string of the molecule is NCCN.O=C1C(C2=NCCN2)=C(O)c2ccccc21.[C-]#[N+]C([N+]#[C-])=C1C(=O)c2ccccc2C1=O. The zero-order valence-electron chi connectivity index (χ0n) is 19.1. The number of hydrogen-bond donors (Lipinski definition) is 4. The van der Waals surface area contributed by atoms with Gasteiger partial charge >= 0.3 is 5.82 Å². The number of aliphatic imine (C=N–C) groups is 1. The van der Waals surface area contributed by atoms with E-state index in [0.29, 0.717) is 42.2 Å². The van der Waals surface area contributed by atoms with Gasteiger partial charge in [-0.25, -0.2) is 0 Å². The van der Waals surface area contributed by atoms with Crippen LogP contribution in [0.25, 0.3) is 15.4 Å². The van der Waals surface area contributed by atoms with Crippen LogP contribution in [0.4, 0.5) is 0 Å². The summed E-state index contributed by atoms with van der Waals surface area (Å²) in [5.74, 6) is -1.11. The molecule has 1 heterocycles. The second-order valence-electron chi connectivity index (χ2n) is 7.46. The number of Topliss-reactive ketones (excluding diaryl/α,β-unsaturated/α-hetero) is 3. The predicted octanol–water partition coefficient (Wildman–Crippen LogP) is 2.17. The molecule has 0 bridgehead atoms. The second-order valence-corrected chi connectivity index (χ2v) is 7.46. The van der Waals surface area contributed by atoms with E-state index in [9.17, 15) is 19.5 Å². The smallest absolute Gasteiger partial charge is 0.506 e. The predicted molar refractivity (Wildman–Crippen MR) is 134 cm³/mol. The highest BCUT2D eigenvalue weighted by atomic mass is 16.3. The third kappa shape index (κ3) is 4.81. The van der Waals surface area contributed by atoms with Crippen molar-refractivity contribution in [2.24, 2.45) is 16.5 Å². The number of fused-ring (bicyclic) bond motifs is 2. The fraction of sp³-hybridized carbons (Fsp3) is 0.154. The normalized spacial score (nSPS) is 14.8. The quantitative estimate of drug-likeness (QED) is 0.290. The zero-order chi connectivity index (χ0) is 26.2. The van der Waals surface area contributed by atoms with Gasteiger partial charge in [-0.1, -0.05) is 48.5 Å². The van der Waals surface area contributed by atoms with Crippen LogP contribution >= 0.6 is 0 Å². The van der Waals surface area contributed by atoms with Crippen LogP contribution < -0.4 is 16.8 Å². The summed E-state index contributed by atoms with van der Waals surface area (Å²) in [7, 11) is 0. The molecule has 0 saturated carbocycles. The van der Waals surface area contributed by atoms with Gasteiger partial charge < -0.3 is 21.9 Å². The molecule has 0 spiro atoms. The molecule has 0 radical (unpaired) electrons. The highest BCUT2D eigenvalue weighted by Crippen LogP contribution is 2.31. The van der Waals surface area contributed by atoms with E-state index in [4.69, 9.17) is 24.6 Å². The Hall–Kier alpha value is -4.90. The molecule has 2 aromatic rings. The number of amidine groups is 1. The van der Waals surface area contributed by atoms with Crippen molar-refractivity contribution < 1.29 is 19.5 Å². The van der Waals surface area contributed by atoms with E-state index in [2.05, 4.69) is 20.0 Å². The molecule has 6 N–H and O–H groups in total. The minimum atomic E-state index is -0.525. The summed E-state index contributed by atoms with van der Waals surface area (Å²) in [6, 6.07) is 13.4. The number of ketones is 3. The number of nitrogens with one attached hydrogen (secondary N) is 1. The highest BCUT2D eigenvalue weighted by molar-refractivity contribution is 6.40. The fourth-order valence-corrected chi connectivity index (χ4v) is 3.64. The molecule has 2 aliphatic carbocycles. The number of aliphatic hydroxyl groups is 1. The monoisotopic (exact) mass is 482 g/mol. The van der Waals surface area contributed by atoms with Crippen LogP contribution in [-0.2, 0) is 0 Å². The first-order chi connectivity index (χ1) is 17.4. The lowest BCUT2D eigenvalue weighted by molar-refractivity contribution is 0.0985. The second kappa shape index (κ2) is 11.5. The molecule has 36 heavy (non-hydrogen) atoms. The first kappa shape index (κ1) is 25.7. The standard InChI is InChI=1S/C12H10N2O2.C12H4N2O2.C2H8N2/c15-10-7-3-1-2-4-8(7)11(16)9(10)12-13-5-6-14-12;1-13-12(14-2)9-10(15)7-5-3-4-6-8(7)11(9)16;3-1-2-4/h1-4,15H,5-6H2,(H,13,14);3-6H;1-4H2. The van der Waals surface area contributed by atoms with Crippen LogP contribution in [0.3, 0.4) is 0 Å². The molecular weight excluding hydrogens is 460 g/mol. The van der Waals surface area contributed by atoms with Crippen LogP contribution in [0.1, 0.15) is 36.6 Å². The number of benzene rings is 2. The number of nitrogens with two attached hydrogens (primary N) is 2. The first-order valence-electron chi connectivity index (χ1n) is 10.8. The van der Waals surface area contributed by atoms with E-state index in [-0.39, 0.29) is 28.2 Å². The molecular formula is C26H22N6O4. The number of carbonyl (C=O) groups is 3. The number of rotatable bonds is 2. The van der Waals surface area contributed by atoms with Crippen molar-refractivity contribution in [3.63, 3.8) is 0 Å². The van der Waals surface area contributed by atoms with Gasteiger partial charge in [0, 0.05) is 41.9 Å². The van der Waals surface area contributed by atoms with Gasteiger partial charge in [0.1, 0.15) is 30.3 Å². The molecule has 1 aliphatic heterocycles. The number of carbonyl (C=O) groups excluding carboxylic acids is 3. The van der Waals surface area contributed by atoms with Crippen molar-refractivity contribution in [3.8, 4) is 0 Å². The van der Waals surface area contributed by atoms with Crippen molar-refractivity contribution >= 4 is 28.9 Å². The van der Waals surface area contributed by atoms with E-state index >= 15 is 0 Å². The van der Waals surface area contributed by atoms with E-state index in [1.165, 1.54) is 12.1 Å². The number of aliphatic hydroxyl groups excluding tert-OH is 1. The summed E-state index contributed by atoms with van der Waals surface area (Å²) in [5.41, 5.74) is 11.5. The summed E-state index contributed by atoms with van der Waals surface area (Å²) in [4.78, 5) is 45.6. The molecule has 0 saturated heterocycles. The number of allylic oxidation sites excluding steroid dienone is 1. The molecule has 5 rings (SSSR count). The van der Waals surface area contributed by atoms with Crippen molar-refractivity contribution in [2.75, 3.05) is 26.2 Å². The summed E-state index contributed by atoms with van der Waals surface area (Å²) in [5, 5.41) is 13.0. The average Bonchev–Trinajstić information content (AvgIpc) is 3.59. The van der Waals surface area contributed by atoms with Crippen molar-refractivity contribution in [2.45, 2.75) is 0 Å². The number of nitrogens with zero attached hydrogens (tertiary/aromatic N) is 3. The van der Waals surface area contributed by atoms with Gasteiger partial charge in [0.05, 0.1) is 6.54 Å². The highest BCUT2D eigenvalue weighted by Gasteiger charge is 2.39. The lowest BCUT2D eigenvalue weighted by atomic mass is 10.1. The molecule has 180 valence electrons. The molecule has 10 nitrogen and oxygen atoms in total. The zero-order valence-corrected chi connectivity index (χ0v) is 19.1. The van der Waals surface area contributed by atoms with E-state index < -0.39 is 17.4 Å². The van der Waals surface area contributed by atoms with Gasteiger partial charge in [-0.15, -0.1) is 0 Å². The molecule has 0 fully saturated rings. The summed E-state index contributed by atoms with van der Waals surface area (Å²) in [6.07, 6.45) is 0. The Morgan fingerprint density at radius 3 is 1.72 bits per heavy atom. The Balaban J connectivity index is 0.000000175. The van der Waals surface area contributed by atoms with Crippen LogP contribution in [0.15, 0.2) is 70.5 Å². The van der Waals surface area contributed by atoms with Crippen LogP contribution in [0.2, 0.25) is 0 Å². The number of hydrogen-bond acceptors (Lipinski definition) is 8. The minimum absolute atomic E-state index is 0.0359. The Labute approximate surface area is 207 Å². The van der Waals surface area contributed by atoms with E-state index in [0.717, 1.165) is 6.54 Å². The molecule has 0 atom stereocenters. The Kier molecular flexibility index (Phi) is 8.21. The molecule has 0 unspecified atom stereocenters. The molecule has 0 amide bonds. The van der Waals surface area contributed by atoms with Crippen molar-refractivity contribution in [1.29, 1.82) is 0 Å². The van der Waals surface area contributed by atoms with Gasteiger partial charge in [0.25, 0.3) is 0 Å². The summed E-state index contributed by atoms with van der Waals surface area (Å²) < 4.78 is 0. The van der Waals surface area contributed by atoms with Crippen molar-refractivity contribution in [3.05, 3.63) is 111 Å². The third-order valence-electron chi connectivity index (χ3n) is 5.27. The summed E-state index contributed by atoms with van der Waals surface area (Å²) in [6.45, 7) is 16.1. The third-order valence-corrected chi connectivity index (χ3v) is 5.27. The molecule has 0 aromatic heterocycles. The van der Waals surface area contributed by atoms with E-state index in [1.54, 1.807) is 36.4 Å². The summed E-state index contributed by atoms with van der Waals surface area (Å²) >= 11 is 0. The maximum atomic E-state index is 12.1. The molecule has 2 aromatic carbocycles. The topological polar surface area (TPSA) is 157 Å². The van der Waals surface area contributed by atoms with Gasteiger partial charge in [0.15, 0.2) is 17.1 Å². The molecule has 3 aliphatic rings. The van der Waals surface area contributed by atoms with E-state index in [1.807, 2.05) is 0 Å². The Morgan fingerprint density at radius 2 is 1.33 bits per heavy atom. The first-order valence-corrected chi connectivity index (χ1v) is 10.8. The molecule has 10 heteroatoms. The van der Waals surface area contributed by atoms with Gasteiger partial charge in [-0.05, 0) is 0 Å². The fourth-order valence-electron chi connectivity index (χ4n) is 3.64. The van der Waals surface area contributed by atoms with Crippen LogP contribution in [0, 0.1) is 13.1 Å². The largest absolute Gasteiger partial charge is 0.534 e. The van der Waals surface area contributed by atoms with Gasteiger partial charge in [0.2, 0.25) is 5.78 Å². The maximum Gasteiger partial charge on any atom is 0.534 e. The Morgan fingerprint density at radius 1 is 0.861 bits per heavy atom. The lowest BCUT2D eigenvalue weighted by Gasteiger charge is -2.01. The van der Waals surface area contributed by atoms with Gasteiger partial charge in [-0.2, -0.15) is 9.69 Å². The average molecular weight is 483 g/mol. The van der Waals surface area contributed by atoms with Crippen LogP contribution in [0.5, 0.6) is 0 Å². The Bertz CT molecular complexity index is 1370. The van der Waals surface area contributed by atoms with Gasteiger partial charge in [-0.3, -0.25) is 19.4 Å². The minimum Gasteiger partial charge on any atom is -0.506 e.